The summed E-state index contributed by atoms with van der Waals surface area (Å²) in [5, 5.41) is 32.2. The molecule has 0 saturated heterocycles. The Bertz CT molecular complexity index is 506. The van der Waals surface area contributed by atoms with Gasteiger partial charge in [-0.15, -0.1) is 0 Å². The van der Waals surface area contributed by atoms with Gasteiger partial charge in [-0.2, -0.15) is 0 Å². The van der Waals surface area contributed by atoms with E-state index in [1.54, 1.807) is 0 Å². The number of fused-ring (bicyclic) bond motifs is 1. The first-order valence-electron chi connectivity index (χ1n) is 11.7. The zero-order chi connectivity index (χ0) is 20.0. The Kier molecular flexibility index (Phi) is 6.36. The van der Waals surface area contributed by atoms with Crippen LogP contribution in [-0.4, -0.2) is 33.6 Å². The zero-order valence-corrected chi connectivity index (χ0v) is 18.3. The lowest BCUT2D eigenvalue weighted by Crippen LogP contribution is -2.52. The van der Waals surface area contributed by atoms with Gasteiger partial charge in [0.1, 0.15) is 0 Å². The number of aliphatic hydroxyl groups is 3. The highest BCUT2D eigenvalue weighted by atomic mass is 16.3. The van der Waals surface area contributed by atoms with Gasteiger partial charge in [-0.1, -0.05) is 40.5 Å². The maximum atomic E-state index is 11.1. The third kappa shape index (κ3) is 3.73. The van der Waals surface area contributed by atoms with Gasteiger partial charge in [0.2, 0.25) is 0 Å². The molecule has 0 heterocycles. The third-order valence-electron chi connectivity index (χ3n) is 9.55. The van der Waals surface area contributed by atoms with Crippen molar-refractivity contribution in [3.63, 3.8) is 0 Å². The van der Waals surface area contributed by atoms with Crippen LogP contribution in [0.3, 0.4) is 0 Å². The Morgan fingerprint density at radius 1 is 1.04 bits per heavy atom. The molecule has 0 spiro atoms. The van der Waals surface area contributed by atoms with Crippen LogP contribution < -0.4 is 0 Å². The van der Waals surface area contributed by atoms with Crippen molar-refractivity contribution < 1.29 is 15.3 Å². The SMILES string of the molecule is CCC[C@@H](C)[C@H]1CC[C@@H]([C@H]2C[C@@]3(C)CC[C@@H](O)C[C@H]3C[C@H]2O)[C@]1(C)[C@H](C)O. The van der Waals surface area contributed by atoms with Gasteiger partial charge in [0, 0.05) is 0 Å². The molecule has 0 unspecified atom stereocenters. The van der Waals surface area contributed by atoms with E-state index in [2.05, 4.69) is 27.7 Å². The third-order valence-corrected chi connectivity index (χ3v) is 9.55. The second-order valence-corrected chi connectivity index (χ2v) is 11.0. The molecule has 3 fully saturated rings. The van der Waals surface area contributed by atoms with Crippen LogP contribution in [0.25, 0.3) is 0 Å². The van der Waals surface area contributed by atoms with E-state index in [9.17, 15) is 15.3 Å². The summed E-state index contributed by atoms with van der Waals surface area (Å²) in [6, 6.07) is 0. The normalized spacial score (nSPS) is 50.2. The Labute approximate surface area is 166 Å². The van der Waals surface area contributed by atoms with Crippen LogP contribution in [0, 0.1) is 40.4 Å². The van der Waals surface area contributed by atoms with E-state index >= 15 is 0 Å². The monoisotopic (exact) mass is 380 g/mol. The van der Waals surface area contributed by atoms with Crippen molar-refractivity contribution in [2.45, 2.75) is 111 Å². The fourth-order valence-electron chi connectivity index (χ4n) is 7.74. The molecule has 3 nitrogen and oxygen atoms in total. The van der Waals surface area contributed by atoms with Crippen LogP contribution in [0.5, 0.6) is 0 Å². The lowest BCUT2D eigenvalue weighted by atomic mass is 9.52. The maximum Gasteiger partial charge on any atom is 0.0574 e. The maximum absolute atomic E-state index is 11.1. The van der Waals surface area contributed by atoms with E-state index < -0.39 is 0 Å². The zero-order valence-electron chi connectivity index (χ0n) is 18.3. The molecule has 0 aromatic heterocycles. The molecule has 27 heavy (non-hydrogen) atoms. The largest absolute Gasteiger partial charge is 0.393 e. The van der Waals surface area contributed by atoms with E-state index in [-0.39, 0.29) is 29.1 Å². The molecule has 158 valence electrons. The molecular formula is C24H44O3. The first-order valence-corrected chi connectivity index (χ1v) is 11.7. The molecule has 3 N–H and O–H groups in total. The predicted octanol–water partition coefficient (Wildman–Crippen LogP) is 4.77. The van der Waals surface area contributed by atoms with E-state index in [4.69, 9.17) is 0 Å². The summed E-state index contributed by atoms with van der Waals surface area (Å²) in [6.07, 6.45) is 8.71. The first-order chi connectivity index (χ1) is 12.6. The molecule has 3 heteroatoms. The Morgan fingerprint density at radius 3 is 2.37 bits per heavy atom. The molecule has 0 aromatic rings. The van der Waals surface area contributed by atoms with Crippen molar-refractivity contribution in [1.82, 2.24) is 0 Å². The second-order valence-electron chi connectivity index (χ2n) is 11.0. The van der Waals surface area contributed by atoms with Crippen LogP contribution in [0.2, 0.25) is 0 Å². The van der Waals surface area contributed by atoms with Gasteiger partial charge in [-0.25, -0.2) is 0 Å². The molecule has 0 aliphatic heterocycles. The number of hydrogen-bond acceptors (Lipinski definition) is 3. The van der Waals surface area contributed by atoms with Gasteiger partial charge >= 0.3 is 0 Å². The minimum Gasteiger partial charge on any atom is -0.393 e. The summed E-state index contributed by atoms with van der Waals surface area (Å²) in [6.45, 7) is 11.3. The molecule has 0 bridgehead atoms. The fraction of sp³-hybridized carbons (Fsp3) is 1.00. The van der Waals surface area contributed by atoms with E-state index in [0.29, 0.717) is 29.6 Å². The Morgan fingerprint density at radius 2 is 1.74 bits per heavy atom. The van der Waals surface area contributed by atoms with Gasteiger partial charge in [0.25, 0.3) is 0 Å². The lowest BCUT2D eigenvalue weighted by Gasteiger charge is -2.55. The van der Waals surface area contributed by atoms with E-state index in [1.165, 1.54) is 19.3 Å². The van der Waals surface area contributed by atoms with E-state index in [0.717, 1.165) is 38.5 Å². The second kappa shape index (κ2) is 7.95. The Balaban J connectivity index is 1.84. The molecule has 3 saturated carbocycles. The molecule has 0 aromatic carbocycles. The molecule has 3 aliphatic rings. The van der Waals surface area contributed by atoms with Gasteiger partial charge in [-0.05, 0) is 92.3 Å². The summed E-state index contributed by atoms with van der Waals surface area (Å²) in [5.74, 6) is 2.32. The summed E-state index contributed by atoms with van der Waals surface area (Å²) in [5.41, 5.74) is 0.146. The fourth-order valence-corrected chi connectivity index (χ4v) is 7.74. The van der Waals surface area contributed by atoms with Crippen LogP contribution in [0.1, 0.15) is 92.4 Å². The van der Waals surface area contributed by atoms with Crippen molar-refractivity contribution in [3.8, 4) is 0 Å². The lowest BCUT2D eigenvalue weighted by molar-refractivity contribution is -0.123. The first kappa shape index (κ1) is 21.6. The smallest absolute Gasteiger partial charge is 0.0574 e. The standard InChI is InChI=1S/C24H44O3/c1-6-7-15(2)20-8-9-21(24(20,5)16(3)25)19-14-23(4)11-10-18(26)12-17(23)13-22(19)27/h15-22,25-27H,6-14H2,1-5H3/t15-,16+,17+,18-,19-,20-,21+,22-,23-,24-/m1/s1. The van der Waals surface area contributed by atoms with Crippen LogP contribution in [0.4, 0.5) is 0 Å². The number of aliphatic hydroxyl groups excluding tert-OH is 3. The van der Waals surface area contributed by atoms with Crippen LogP contribution in [-0.2, 0) is 0 Å². The van der Waals surface area contributed by atoms with Gasteiger partial charge in [-0.3, -0.25) is 0 Å². The minimum absolute atomic E-state index is 0.0996. The highest BCUT2D eigenvalue weighted by Crippen LogP contribution is 2.61. The highest BCUT2D eigenvalue weighted by molar-refractivity contribution is 5.07. The summed E-state index contributed by atoms with van der Waals surface area (Å²) < 4.78 is 0. The number of hydrogen-bond donors (Lipinski definition) is 3. The van der Waals surface area contributed by atoms with Crippen LogP contribution in [0.15, 0.2) is 0 Å². The van der Waals surface area contributed by atoms with Crippen LogP contribution >= 0.6 is 0 Å². The van der Waals surface area contributed by atoms with Crippen molar-refractivity contribution in [2.24, 2.45) is 40.4 Å². The summed E-state index contributed by atoms with van der Waals surface area (Å²) in [4.78, 5) is 0. The topological polar surface area (TPSA) is 60.7 Å². The summed E-state index contributed by atoms with van der Waals surface area (Å²) >= 11 is 0. The molecule has 3 aliphatic carbocycles. The highest BCUT2D eigenvalue weighted by Gasteiger charge is 2.57. The van der Waals surface area contributed by atoms with E-state index in [1.807, 2.05) is 6.92 Å². The molecule has 10 atom stereocenters. The Hall–Kier alpha value is -0.120. The van der Waals surface area contributed by atoms with Crippen molar-refractivity contribution in [3.05, 3.63) is 0 Å². The van der Waals surface area contributed by atoms with Gasteiger partial charge in [0.05, 0.1) is 18.3 Å². The quantitative estimate of drug-likeness (QED) is 0.643. The predicted molar refractivity (Wildman–Crippen MR) is 110 cm³/mol. The molecular weight excluding hydrogens is 336 g/mol. The average Bonchev–Trinajstić information content (AvgIpc) is 2.95. The average molecular weight is 381 g/mol. The summed E-state index contributed by atoms with van der Waals surface area (Å²) in [7, 11) is 0. The van der Waals surface area contributed by atoms with Crippen molar-refractivity contribution in [2.75, 3.05) is 0 Å². The van der Waals surface area contributed by atoms with Gasteiger partial charge < -0.3 is 15.3 Å². The molecule has 3 rings (SSSR count). The minimum atomic E-state index is -0.333. The number of rotatable bonds is 5. The van der Waals surface area contributed by atoms with Crippen molar-refractivity contribution in [1.29, 1.82) is 0 Å². The molecule has 0 radical (unpaired) electrons. The van der Waals surface area contributed by atoms with Gasteiger partial charge in [0.15, 0.2) is 0 Å². The van der Waals surface area contributed by atoms with Crippen molar-refractivity contribution >= 4 is 0 Å². The molecule has 0 amide bonds.